The monoisotopic (exact) mass is 218 g/mol. The Bertz CT molecular complexity index is 417. The van der Waals surface area contributed by atoms with Crippen LogP contribution in [0.1, 0.15) is 10.4 Å². The third kappa shape index (κ3) is 2.12. The molecule has 0 N–H and O–H groups in total. The lowest BCUT2D eigenvalue weighted by Crippen LogP contribution is -2.48. The molecule has 1 saturated heterocycles. The highest BCUT2D eigenvalue weighted by Crippen LogP contribution is 2.17. The molecule has 0 radical (unpaired) electrons. The predicted molar refractivity (Wildman–Crippen MR) is 61.7 cm³/mol. The molecular formula is C12H14N2O2. The number of nitrogens with zero attached hydrogens (tertiary/aromatic N) is 2. The summed E-state index contributed by atoms with van der Waals surface area (Å²) in [6, 6.07) is 7.13. The number of anilines is 1. The van der Waals surface area contributed by atoms with Crippen LogP contribution in [0.4, 0.5) is 5.69 Å². The van der Waals surface area contributed by atoms with Crippen molar-refractivity contribution in [3.63, 3.8) is 0 Å². The maximum absolute atomic E-state index is 11.8. The number of likely N-dealkylation sites (N-methyl/N-ethyl adjacent to an activating group) is 1. The zero-order valence-corrected chi connectivity index (χ0v) is 9.22. The molecule has 1 aromatic carbocycles. The number of hydrogen-bond acceptors (Lipinski definition) is 3. The number of benzene rings is 1. The first kappa shape index (κ1) is 10.8. The summed E-state index contributed by atoms with van der Waals surface area (Å²) in [5.41, 5.74) is 1.41. The van der Waals surface area contributed by atoms with E-state index in [0.717, 1.165) is 18.5 Å². The largest absolute Gasteiger partial charge is 0.310 e. The Morgan fingerprint density at radius 3 is 2.81 bits per heavy atom. The van der Waals surface area contributed by atoms with Crippen LogP contribution in [0.15, 0.2) is 24.3 Å². The number of carbonyl (C=O) groups excluding carboxylic acids is 2. The summed E-state index contributed by atoms with van der Waals surface area (Å²) in [5.74, 6) is 0.0804. The summed E-state index contributed by atoms with van der Waals surface area (Å²) in [5, 5.41) is 0. The lowest BCUT2D eigenvalue weighted by atomic mass is 10.2. The van der Waals surface area contributed by atoms with Crippen LogP contribution in [0.2, 0.25) is 0 Å². The lowest BCUT2D eigenvalue weighted by molar-refractivity contribution is -0.120. The van der Waals surface area contributed by atoms with E-state index in [2.05, 4.69) is 0 Å². The average Bonchev–Trinajstić information content (AvgIpc) is 2.29. The molecule has 1 amide bonds. The molecule has 0 aliphatic carbocycles. The molecule has 0 aromatic heterocycles. The van der Waals surface area contributed by atoms with Gasteiger partial charge in [0.25, 0.3) is 0 Å². The Hall–Kier alpha value is -1.68. The molecule has 0 saturated carbocycles. The van der Waals surface area contributed by atoms with E-state index in [9.17, 15) is 9.59 Å². The summed E-state index contributed by atoms with van der Waals surface area (Å²) in [4.78, 5) is 26.2. The van der Waals surface area contributed by atoms with Crippen LogP contribution in [0.3, 0.4) is 0 Å². The molecule has 1 heterocycles. The molecule has 2 rings (SSSR count). The van der Waals surface area contributed by atoms with Gasteiger partial charge in [0.15, 0.2) is 0 Å². The molecule has 4 heteroatoms. The van der Waals surface area contributed by atoms with Crippen LogP contribution in [0.5, 0.6) is 0 Å². The fourth-order valence-electron chi connectivity index (χ4n) is 1.83. The second kappa shape index (κ2) is 4.45. The zero-order chi connectivity index (χ0) is 11.5. The fourth-order valence-corrected chi connectivity index (χ4v) is 1.83. The first-order valence-electron chi connectivity index (χ1n) is 5.25. The van der Waals surface area contributed by atoms with Crippen molar-refractivity contribution in [3.05, 3.63) is 29.8 Å². The molecule has 1 fully saturated rings. The number of carbonyl (C=O) groups is 2. The van der Waals surface area contributed by atoms with Crippen molar-refractivity contribution in [2.75, 3.05) is 31.6 Å². The minimum atomic E-state index is 0.0804. The van der Waals surface area contributed by atoms with Crippen LogP contribution >= 0.6 is 0 Å². The first-order chi connectivity index (χ1) is 7.70. The molecule has 0 unspecified atom stereocenters. The summed E-state index contributed by atoms with van der Waals surface area (Å²) in [6.45, 7) is 1.97. The second-order valence-electron chi connectivity index (χ2n) is 4.00. The van der Waals surface area contributed by atoms with E-state index in [4.69, 9.17) is 0 Å². The topological polar surface area (TPSA) is 40.6 Å². The molecule has 16 heavy (non-hydrogen) atoms. The molecular weight excluding hydrogens is 204 g/mol. The van der Waals surface area contributed by atoms with Gasteiger partial charge in [0, 0.05) is 24.3 Å². The van der Waals surface area contributed by atoms with E-state index < -0.39 is 0 Å². The maximum atomic E-state index is 11.8. The van der Waals surface area contributed by atoms with E-state index >= 15 is 0 Å². The molecule has 0 spiro atoms. The van der Waals surface area contributed by atoms with Gasteiger partial charge in [-0.3, -0.25) is 14.5 Å². The van der Waals surface area contributed by atoms with Gasteiger partial charge < -0.3 is 4.90 Å². The average molecular weight is 218 g/mol. The van der Waals surface area contributed by atoms with E-state index in [1.54, 1.807) is 23.1 Å². The smallest absolute Gasteiger partial charge is 0.241 e. The Kier molecular flexibility index (Phi) is 3.01. The quantitative estimate of drug-likeness (QED) is 0.689. The molecule has 4 nitrogen and oxygen atoms in total. The van der Waals surface area contributed by atoms with Crippen LogP contribution < -0.4 is 4.90 Å². The van der Waals surface area contributed by atoms with Gasteiger partial charge in [-0.25, -0.2) is 0 Å². The number of amides is 1. The summed E-state index contributed by atoms with van der Waals surface area (Å²) in [7, 11) is 1.93. The van der Waals surface area contributed by atoms with Gasteiger partial charge in [0.05, 0.1) is 6.54 Å². The van der Waals surface area contributed by atoms with Gasteiger partial charge in [-0.15, -0.1) is 0 Å². The summed E-state index contributed by atoms with van der Waals surface area (Å²) in [6.07, 6.45) is 0.796. The zero-order valence-electron chi connectivity index (χ0n) is 9.22. The minimum absolute atomic E-state index is 0.0804. The predicted octanol–water partition coefficient (Wildman–Crippen LogP) is 0.778. The van der Waals surface area contributed by atoms with Crippen LogP contribution in [-0.4, -0.2) is 43.8 Å². The number of hydrogen-bond donors (Lipinski definition) is 0. The van der Waals surface area contributed by atoms with Gasteiger partial charge in [-0.05, 0) is 19.2 Å². The molecule has 0 atom stereocenters. The SMILES string of the molecule is CN1CCN(c2cccc(C=O)c2)C(=O)C1. The van der Waals surface area contributed by atoms with Gasteiger partial charge in [-0.2, -0.15) is 0 Å². The highest BCUT2D eigenvalue weighted by atomic mass is 16.2. The third-order valence-corrected chi connectivity index (χ3v) is 2.73. The fraction of sp³-hybridized carbons (Fsp3) is 0.333. The number of rotatable bonds is 2. The van der Waals surface area contributed by atoms with Gasteiger partial charge in [0.2, 0.25) is 5.91 Å². The lowest BCUT2D eigenvalue weighted by Gasteiger charge is -2.32. The molecule has 1 aliphatic heterocycles. The van der Waals surface area contributed by atoms with Crippen LogP contribution in [0, 0.1) is 0 Å². The summed E-state index contributed by atoms with van der Waals surface area (Å²) >= 11 is 0. The number of piperazine rings is 1. The normalized spacial score (nSPS) is 17.6. The molecule has 84 valence electrons. The Morgan fingerprint density at radius 2 is 2.12 bits per heavy atom. The Morgan fingerprint density at radius 1 is 1.31 bits per heavy atom. The molecule has 0 bridgehead atoms. The maximum Gasteiger partial charge on any atom is 0.241 e. The molecule has 1 aliphatic rings. The van der Waals surface area contributed by atoms with E-state index in [-0.39, 0.29) is 5.91 Å². The highest BCUT2D eigenvalue weighted by molar-refractivity contribution is 5.96. The van der Waals surface area contributed by atoms with Crippen molar-refractivity contribution in [1.82, 2.24) is 4.90 Å². The van der Waals surface area contributed by atoms with Crippen molar-refractivity contribution < 1.29 is 9.59 Å². The van der Waals surface area contributed by atoms with Crippen molar-refractivity contribution in [2.24, 2.45) is 0 Å². The van der Waals surface area contributed by atoms with Crippen molar-refractivity contribution in [1.29, 1.82) is 0 Å². The minimum Gasteiger partial charge on any atom is -0.310 e. The van der Waals surface area contributed by atoms with Crippen molar-refractivity contribution in [3.8, 4) is 0 Å². The van der Waals surface area contributed by atoms with Gasteiger partial charge in [-0.1, -0.05) is 12.1 Å². The van der Waals surface area contributed by atoms with Crippen LogP contribution in [0.25, 0.3) is 0 Å². The van der Waals surface area contributed by atoms with Gasteiger partial charge >= 0.3 is 0 Å². The van der Waals surface area contributed by atoms with E-state index in [1.807, 2.05) is 18.0 Å². The van der Waals surface area contributed by atoms with Crippen LogP contribution in [-0.2, 0) is 4.79 Å². The Labute approximate surface area is 94.5 Å². The first-order valence-corrected chi connectivity index (χ1v) is 5.25. The second-order valence-corrected chi connectivity index (χ2v) is 4.00. The number of aldehydes is 1. The van der Waals surface area contributed by atoms with E-state index in [0.29, 0.717) is 18.7 Å². The highest BCUT2D eigenvalue weighted by Gasteiger charge is 2.22. The standard InChI is InChI=1S/C12H14N2O2/c1-13-5-6-14(12(16)8-13)11-4-2-3-10(7-11)9-15/h2-4,7,9H,5-6,8H2,1H3. The third-order valence-electron chi connectivity index (χ3n) is 2.73. The Balaban J connectivity index is 2.23. The van der Waals surface area contributed by atoms with Gasteiger partial charge in [0.1, 0.15) is 6.29 Å². The van der Waals surface area contributed by atoms with Crippen molar-refractivity contribution in [2.45, 2.75) is 0 Å². The summed E-state index contributed by atoms with van der Waals surface area (Å²) < 4.78 is 0. The van der Waals surface area contributed by atoms with E-state index in [1.165, 1.54) is 0 Å². The molecule has 1 aromatic rings. The van der Waals surface area contributed by atoms with Crippen molar-refractivity contribution >= 4 is 17.9 Å².